The van der Waals surface area contributed by atoms with Gasteiger partial charge in [0.1, 0.15) is 5.75 Å². The van der Waals surface area contributed by atoms with E-state index in [1.54, 1.807) is 18.3 Å². The molecule has 0 bridgehead atoms. The summed E-state index contributed by atoms with van der Waals surface area (Å²) in [7, 11) is 0. The van der Waals surface area contributed by atoms with E-state index in [1.807, 2.05) is 49.4 Å². The lowest BCUT2D eigenvalue weighted by Crippen LogP contribution is -2.14. The van der Waals surface area contributed by atoms with Gasteiger partial charge in [-0.3, -0.25) is 9.78 Å². The topological polar surface area (TPSA) is 51.2 Å². The predicted octanol–water partition coefficient (Wildman–Crippen LogP) is 10.2. The highest BCUT2D eigenvalue weighted by Crippen LogP contribution is 2.39. The van der Waals surface area contributed by atoms with E-state index in [-0.39, 0.29) is 17.5 Å². The van der Waals surface area contributed by atoms with Crippen LogP contribution in [0.1, 0.15) is 67.8 Å². The number of fused-ring (bicyclic) bond motifs is 1. The van der Waals surface area contributed by atoms with Gasteiger partial charge in [0.05, 0.1) is 11.4 Å². The Morgan fingerprint density at radius 3 is 2.50 bits per heavy atom. The molecule has 6 heteroatoms. The Balaban J connectivity index is 1.24. The van der Waals surface area contributed by atoms with Crippen LogP contribution >= 0.6 is 0 Å². The molecule has 3 aliphatic rings. The molecular weight excluding hydrogens is 530 g/mol. The zero-order valence-corrected chi connectivity index (χ0v) is 24.3. The number of nitrogens with zero attached hydrogens (tertiary/aromatic N) is 1. The molecule has 0 spiro atoms. The Bertz CT molecular complexity index is 1510. The number of allylic oxidation sites excluding steroid dienone is 1. The number of carbonyl (C=O) groups excluding carboxylic acids is 1. The molecule has 2 aromatic rings. The maximum Gasteiger partial charge on any atom is 0.387 e. The van der Waals surface area contributed by atoms with Crippen LogP contribution in [-0.4, -0.2) is 17.4 Å². The van der Waals surface area contributed by atoms with Gasteiger partial charge >= 0.3 is 6.61 Å². The average Bonchev–Trinajstić information content (AvgIpc) is 3.29. The number of nitrogens with one attached hydrogen (secondary N) is 1. The first-order valence-electron chi connectivity index (χ1n) is 14.8. The number of hydrogen-bond acceptors (Lipinski definition) is 4. The number of ketones is 1. The van der Waals surface area contributed by atoms with Crippen LogP contribution in [0.25, 0.3) is 22.4 Å². The number of carbonyl (C=O) groups is 1. The number of anilines is 2. The summed E-state index contributed by atoms with van der Waals surface area (Å²) in [5.74, 6) is 1.09. The van der Waals surface area contributed by atoms with Crippen molar-refractivity contribution < 1.29 is 18.3 Å². The smallest absolute Gasteiger partial charge is 0.387 e. The van der Waals surface area contributed by atoms with Gasteiger partial charge in [0.25, 0.3) is 0 Å². The third-order valence-corrected chi connectivity index (χ3v) is 8.43. The van der Waals surface area contributed by atoms with Gasteiger partial charge in [-0.15, -0.1) is 0 Å². The van der Waals surface area contributed by atoms with Crippen molar-refractivity contribution in [1.82, 2.24) is 4.98 Å². The number of hydrogen-bond donors (Lipinski definition) is 1. The summed E-state index contributed by atoms with van der Waals surface area (Å²) in [5, 5.41) is 3.49. The van der Waals surface area contributed by atoms with Crippen molar-refractivity contribution in [3.05, 3.63) is 96.2 Å². The summed E-state index contributed by atoms with van der Waals surface area (Å²) in [6, 6.07) is 20.3. The van der Waals surface area contributed by atoms with E-state index in [1.165, 1.54) is 37.0 Å². The van der Waals surface area contributed by atoms with Crippen LogP contribution in [0.5, 0.6) is 5.75 Å². The highest BCUT2D eigenvalue weighted by molar-refractivity contribution is 5.99. The molecule has 1 aliphatic heterocycles. The molecule has 1 fully saturated rings. The normalized spacial score (nSPS) is 14.7. The molecule has 1 N–H and O–H groups in total. The molecule has 42 heavy (non-hydrogen) atoms. The average molecular weight is 569 g/mol. The molecule has 218 valence electrons. The summed E-state index contributed by atoms with van der Waals surface area (Å²) in [5.41, 5.74) is 8.29. The van der Waals surface area contributed by atoms with E-state index < -0.39 is 6.61 Å². The van der Waals surface area contributed by atoms with Gasteiger partial charge in [0.15, 0.2) is 5.78 Å². The number of rotatable bonds is 11. The molecule has 5 rings (SSSR count). The van der Waals surface area contributed by atoms with Crippen molar-refractivity contribution in [2.24, 2.45) is 11.8 Å². The van der Waals surface area contributed by atoms with Crippen molar-refractivity contribution >= 4 is 17.2 Å². The molecule has 0 saturated heterocycles. The predicted molar refractivity (Wildman–Crippen MR) is 166 cm³/mol. The van der Waals surface area contributed by atoms with Gasteiger partial charge in [0.2, 0.25) is 0 Å². The second kappa shape index (κ2) is 13.3. The second-order valence-electron chi connectivity index (χ2n) is 11.5. The molecule has 0 radical (unpaired) electrons. The largest absolute Gasteiger partial charge is 0.435 e. The number of Topliss-reactive ketones (excluding diaryl/α,β-unsaturated/α-hetero) is 1. The van der Waals surface area contributed by atoms with Gasteiger partial charge in [-0.1, -0.05) is 62.2 Å². The minimum Gasteiger partial charge on any atom is -0.435 e. The summed E-state index contributed by atoms with van der Waals surface area (Å²) in [6.45, 7) is 5.29. The first kappa shape index (κ1) is 29.4. The van der Waals surface area contributed by atoms with Gasteiger partial charge in [-0.25, -0.2) is 0 Å². The van der Waals surface area contributed by atoms with E-state index in [4.69, 9.17) is 0 Å². The lowest BCUT2D eigenvalue weighted by atomic mass is 9.82. The van der Waals surface area contributed by atoms with Crippen LogP contribution in [0.15, 0.2) is 85.1 Å². The van der Waals surface area contributed by atoms with Crippen LogP contribution in [0, 0.1) is 18.8 Å². The Labute approximate surface area is 247 Å². The van der Waals surface area contributed by atoms with Crippen molar-refractivity contribution in [3.63, 3.8) is 0 Å². The van der Waals surface area contributed by atoms with Crippen LogP contribution < -0.4 is 10.1 Å². The maximum atomic E-state index is 13.3. The summed E-state index contributed by atoms with van der Waals surface area (Å²) >= 11 is 0. The third kappa shape index (κ3) is 7.04. The molecule has 4 nitrogen and oxygen atoms in total. The van der Waals surface area contributed by atoms with Crippen molar-refractivity contribution in [2.75, 3.05) is 5.32 Å². The monoisotopic (exact) mass is 568 g/mol. The standard InChI is InChI=1S/C36H38F2N2O2/c1-23-11-13-26(14-12-23)8-6-7-24(2)35(41)30-20-17-28(21-25(30)3)40-33-10-5-4-9-31-32(22-39-34(31)33)27-15-18-29(19-16-27)42-36(37)38/h4-5,9-10,15-22,24,26,36,40H,1,6-8,11-14H2,2-3H3. The van der Waals surface area contributed by atoms with Gasteiger partial charge in [-0.2, -0.15) is 8.78 Å². The van der Waals surface area contributed by atoms with Gasteiger partial charge in [-0.05, 0) is 92.5 Å². The number of benzene rings is 2. The minimum atomic E-state index is -2.86. The second-order valence-corrected chi connectivity index (χ2v) is 11.5. The van der Waals surface area contributed by atoms with E-state index in [2.05, 4.69) is 28.5 Å². The Morgan fingerprint density at radius 2 is 1.79 bits per heavy atom. The minimum absolute atomic E-state index is 0.00296. The SMILES string of the molecule is C=C1CCC(CCCC(C)C(=O)c2ccc(Nc3ccccc4c(-c5ccc(OC(F)F)cc5)cnc3-4)cc2C)CC1. The third-order valence-electron chi connectivity index (χ3n) is 8.43. The number of aromatic nitrogens is 1. The van der Waals surface area contributed by atoms with Crippen molar-refractivity contribution in [2.45, 2.75) is 65.4 Å². The zero-order chi connectivity index (χ0) is 29.6. The molecule has 1 unspecified atom stereocenters. The summed E-state index contributed by atoms with van der Waals surface area (Å²) < 4.78 is 29.6. The van der Waals surface area contributed by atoms with Crippen LogP contribution in [0.4, 0.5) is 20.2 Å². The quantitative estimate of drug-likeness (QED) is 0.144. The molecular formula is C36H38F2N2O2. The summed E-state index contributed by atoms with van der Waals surface area (Å²) in [4.78, 5) is 18.0. The molecule has 0 aromatic heterocycles. The molecule has 1 atom stereocenters. The van der Waals surface area contributed by atoms with Crippen molar-refractivity contribution in [3.8, 4) is 28.1 Å². The molecule has 2 aromatic carbocycles. The number of halogens is 2. The lowest BCUT2D eigenvalue weighted by Gasteiger charge is -2.23. The first-order chi connectivity index (χ1) is 20.3. The van der Waals surface area contributed by atoms with E-state index in [0.717, 1.165) is 76.5 Å². The van der Waals surface area contributed by atoms with E-state index in [0.29, 0.717) is 0 Å². The molecule has 0 amide bonds. The number of aryl methyl sites for hydroxylation is 1. The number of alkyl halides is 2. The molecule has 2 aliphatic carbocycles. The van der Waals surface area contributed by atoms with Gasteiger partial charge in [0, 0.05) is 34.5 Å². The van der Waals surface area contributed by atoms with Crippen LogP contribution in [-0.2, 0) is 0 Å². The lowest BCUT2D eigenvalue weighted by molar-refractivity contribution is -0.0498. The molecule has 1 saturated carbocycles. The Hall–Kier alpha value is -4.06. The van der Waals surface area contributed by atoms with Crippen molar-refractivity contribution in [1.29, 1.82) is 0 Å². The highest BCUT2D eigenvalue weighted by Gasteiger charge is 2.21. The zero-order valence-electron chi connectivity index (χ0n) is 24.3. The Morgan fingerprint density at radius 1 is 1.05 bits per heavy atom. The van der Waals surface area contributed by atoms with Crippen LogP contribution in [0.3, 0.4) is 0 Å². The van der Waals surface area contributed by atoms with E-state index >= 15 is 0 Å². The maximum absolute atomic E-state index is 13.3. The molecule has 1 heterocycles. The first-order valence-corrected chi connectivity index (χ1v) is 14.8. The number of ether oxygens (including phenoxy) is 1. The van der Waals surface area contributed by atoms with Gasteiger partial charge < -0.3 is 10.1 Å². The van der Waals surface area contributed by atoms with Crippen LogP contribution in [0.2, 0.25) is 0 Å². The fraction of sp³-hybridized carbons (Fsp3) is 0.333. The summed E-state index contributed by atoms with van der Waals surface area (Å²) in [6.07, 6.45) is 9.80. The van der Waals surface area contributed by atoms with E-state index in [9.17, 15) is 13.6 Å². The fourth-order valence-electron chi connectivity index (χ4n) is 5.97. The fourth-order valence-corrected chi connectivity index (χ4v) is 5.97. The Kier molecular flexibility index (Phi) is 9.31. The highest BCUT2D eigenvalue weighted by atomic mass is 19.3.